The Morgan fingerprint density at radius 1 is 1.27 bits per heavy atom. The van der Waals surface area contributed by atoms with Gasteiger partial charge in [-0.3, -0.25) is 13.9 Å². The molecule has 0 spiro atoms. The van der Waals surface area contributed by atoms with Crippen LogP contribution in [-0.2, 0) is 16.2 Å². The van der Waals surface area contributed by atoms with E-state index in [2.05, 4.69) is 0 Å². The predicted octanol–water partition coefficient (Wildman–Crippen LogP) is -2.44. The number of rotatable bonds is 0. The van der Waals surface area contributed by atoms with Gasteiger partial charge in [0, 0.05) is 6.92 Å². The molecule has 0 amide bonds. The van der Waals surface area contributed by atoms with Crippen molar-refractivity contribution in [2.75, 3.05) is 0 Å². The van der Waals surface area contributed by atoms with Gasteiger partial charge in [-0.2, -0.15) is 4.21 Å². The summed E-state index contributed by atoms with van der Waals surface area (Å²) in [4.78, 5) is 9.00. The predicted molar refractivity (Wildman–Crippen MR) is 49.6 cm³/mol. The van der Waals surface area contributed by atoms with Gasteiger partial charge in [0.1, 0.15) is 0 Å². The van der Waals surface area contributed by atoms with E-state index >= 15 is 0 Å². The van der Waals surface area contributed by atoms with E-state index in [1.165, 1.54) is 0 Å². The first-order chi connectivity index (χ1) is 3.46. The van der Waals surface area contributed by atoms with E-state index in [4.69, 9.17) is 23.2 Å². The molecule has 0 heterocycles. The van der Waals surface area contributed by atoms with Crippen molar-refractivity contribution in [2.24, 2.45) is 0 Å². The fourth-order valence-corrected chi connectivity index (χ4v) is 0. The third kappa shape index (κ3) is 190. The number of carboxylic acids is 1. The van der Waals surface area contributed by atoms with Crippen LogP contribution in [0.1, 0.15) is 6.92 Å². The van der Waals surface area contributed by atoms with Gasteiger partial charge in [0.15, 0.2) is 0 Å². The molecule has 0 fully saturated rings. The molecule has 5 nitrogen and oxygen atoms in total. The molecule has 0 aliphatic heterocycles. The Hall–Kier alpha value is 2.80. The normalized spacial score (nSPS) is 5.45. The summed E-state index contributed by atoms with van der Waals surface area (Å²) in [6.07, 6.45) is 0. The van der Waals surface area contributed by atoms with E-state index in [0.717, 1.165) is 6.92 Å². The molecule has 0 bridgehead atoms. The molecule has 0 aromatic carbocycles. The molecule has 0 saturated carbocycles. The van der Waals surface area contributed by atoms with Gasteiger partial charge in [0.05, 0.1) is 0 Å². The van der Waals surface area contributed by atoms with Crippen LogP contribution in [0.25, 0.3) is 0 Å². The van der Waals surface area contributed by atoms with Crippen LogP contribution in [0.4, 0.5) is 0 Å². The van der Waals surface area contributed by atoms with E-state index in [0.29, 0.717) is 0 Å². The SMILES string of the molecule is CC(=O)O.O=S(O)O.[CaH2].[NaH].[NaH]. The summed E-state index contributed by atoms with van der Waals surface area (Å²) in [6.45, 7) is 1.08. The van der Waals surface area contributed by atoms with Crippen molar-refractivity contribution in [3.05, 3.63) is 0 Å². The fraction of sp³-hybridized carbons (Fsp3) is 0.500. The number of aliphatic carboxylic acids is 1. The van der Waals surface area contributed by atoms with Gasteiger partial charge in [-0.05, 0) is 0 Å². The second-order valence-corrected chi connectivity index (χ2v) is 1.21. The summed E-state index contributed by atoms with van der Waals surface area (Å²) in [5.74, 6) is -0.833. The van der Waals surface area contributed by atoms with Crippen LogP contribution in [0.5, 0.6) is 0 Å². The molecule has 0 atom stereocenters. The van der Waals surface area contributed by atoms with Crippen LogP contribution in [-0.4, -0.2) is 121 Å². The molecule has 9 heteroatoms. The third-order valence-corrected chi connectivity index (χ3v) is 0. The van der Waals surface area contributed by atoms with Gasteiger partial charge in [-0.15, -0.1) is 0 Å². The molecule has 0 aromatic heterocycles. The Labute approximate surface area is 141 Å². The molecule has 0 aliphatic rings. The van der Waals surface area contributed by atoms with Crippen molar-refractivity contribution in [3.8, 4) is 0 Å². The Morgan fingerprint density at radius 2 is 1.27 bits per heavy atom. The summed E-state index contributed by atoms with van der Waals surface area (Å²) in [6, 6.07) is 0. The zero-order valence-corrected chi connectivity index (χ0v) is 4.88. The second-order valence-electron chi connectivity index (χ2n) is 0.750. The van der Waals surface area contributed by atoms with E-state index in [1.807, 2.05) is 0 Å². The standard InChI is InChI=1S/C2H4O2.Ca.2Na.H2O3S.4H/c1-2(3)4;;;;1-4(2)3;;;;/h1H3,(H,3,4);;;;(H2,1,2,3);;;;. The van der Waals surface area contributed by atoms with E-state index in [1.54, 1.807) is 0 Å². The van der Waals surface area contributed by atoms with Gasteiger partial charge < -0.3 is 5.11 Å². The van der Waals surface area contributed by atoms with Crippen LogP contribution < -0.4 is 0 Å². The summed E-state index contributed by atoms with van der Waals surface area (Å²) < 4.78 is 22.8. The molecule has 58 valence electrons. The maximum atomic E-state index is 9.00. The maximum absolute atomic E-state index is 9.00. The summed E-state index contributed by atoms with van der Waals surface area (Å²) in [5.41, 5.74) is 0. The molecule has 11 heavy (non-hydrogen) atoms. The topological polar surface area (TPSA) is 94.8 Å². The van der Waals surface area contributed by atoms with Crippen LogP contribution in [0.2, 0.25) is 0 Å². The van der Waals surface area contributed by atoms with Gasteiger partial charge in [0.25, 0.3) is 17.3 Å². The first kappa shape index (κ1) is 29.2. The molecule has 0 rings (SSSR count). The Morgan fingerprint density at radius 3 is 1.27 bits per heavy atom. The molecule has 0 aromatic rings. The van der Waals surface area contributed by atoms with Crippen LogP contribution >= 0.6 is 0 Å². The zero-order chi connectivity index (χ0) is 7.15. The fourth-order valence-electron chi connectivity index (χ4n) is 0. The van der Waals surface area contributed by atoms with Gasteiger partial charge in [-0.25, -0.2) is 0 Å². The van der Waals surface area contributed by atoms with E-state index < -0.39 is 17.3 Å². The van der Waals surface area contributed by atoms with Gasteiger partial charge in [0.2, 0.25) is 0 Å². The van der Waals surface area contributed by atoms with Crippen molar-refractivity contribution in [2.45, 2.75) is 6.92 Å². The molecular weight excluding hydrogens is 222 g/mol. The Balaban J connectivity index is -0.0000000171. The minimum atomic E-state index is -2.61. The first-order valence-electron chi connectivity index (χ1n) is 1.46. The molecular formula is C2H10CaNa2O5S. The summed E-state index contributed by atoms with van der Waals surface area (Å²) in [5, 5.41) is 7.42. The summed E-state index contributed by atoms with van der Waals surface area (Å²) in [7, 11) is 0. The molecule has 0 saturated heterocycles. The molecule has 0 radical (unpaired) electrons. The first-order valence-corrected chi connectivity index (χ1v) is 2.52. The van der Waals surface area contributed by atoms with Crippen molar-refractivity contribution in [3.63, 3.8) is 0 Å². The number of carbonyl (C=O) groups is 1. The number of carboxylic acid groups (broad SMARTS) is 1. The third-order valence-electron chi connectivity index (χ3n) is 0. The van der Waals surface area contributed by atoms with Crippen molar-refractivity contribution in [1.82, 2.24) is 0 Å². The summed E-state index contributed by atoms with van der Waals surface area (Å²) >= 11 is -2.61. The van der Waals surface area contributed by atoms with Crippen molar-refractivity contribution < 1.29 is 23.2 Å². The van der Waals surface area contributed by atoms with Crippen LogP contribution in [0.15, 0.2) is 0 Å². The van der Waals surface area contributed by atoms with E-state index in [-0.39, 0.29) is 96.9 Å². The molecule has 0 unspecified atom stereocenters. The van der Waals surface area contributed by atoms with E-state index in [9.17, 15) is 0 Å². The van der Waals surface area contributed by atoms with Gasteiger partial charge in [-0.1, -0.05) is 0 Å². The average molecular weight is 232 g/mol. The monoisotopic (exact) mass is 232 g/mol. The molecule has 0 aliphatic carbocycles. The Kier molecular flexibility index (Phi) is 61.1. The zero-order valence-electron chi connectivity index (χ0n) is 4.07. The van der Waals surface area contributed by atoms with Crippen LogP contribution in [0.3, 0.4) is 0 Å². The van der Waals surface area contributed by atoms with Crippen LogP contribution in [0, 0.1) is 0 Å². The Bertz CT molecular complexity index is 80.5. The quantitative estimate of drug-likeness (QED) is 0.318. The average Bonchev–Trinajstić information content (AvgIpc) is 1.25. The second kappa shape index (κ2) is 23.0. The van der Waals surface area contributed by atoms with Crippen molar-refractivity contribution in [1.29, 1.82) is 0 Å². The number of hydrogen-bond donors (Lipinski definition) is 3. The van der Waals surface area contributed by atoms with Gasteiger partial charge >= 0.3 is 96.9 Å². The van der Waals surface area contributed by atoms with Crippen molar-refractivity contribution >= 4 is 114 Å². The minimum absolute atomic E-state index is 0. The molecule has 3 N–H and O–H groups in total. The number of hydrogen-bond acceptors (Lipinski definition) is 2.